The van der Waals surface area contributed by atoms with Gasteiger partial charge in [-0.15, -0.1) is 0 Å². The van der Waals surface area contributed by atoms with Gasteiger partial charge in [0.1, 0.15) is 5.69 Å². The summed E-state index contributed by atoms with van der Waals surface area (Å²) in [5, 5.41) is 2.65. The molecule has 1 aliphatic carbocycles. The second-order valence-electron chi connectivity index (χ2n) is 8.21. The van der Waals surface area contributed by atoms with Crippen LogP contribution in [0.3, 0.4) is 0 Å². The molecule has 3 atom stereocenters. The minimum absolute atomic E-state index is 0.0873. The molecule has 5 nitrogen and oxygen atoms in total. The van der Waals surface area contributed by atoms with E-state index in [1.54, 1.807) is 11.6 Å². The Kier molecular flexibility index (Phi) is 6.01. The van der Waals surface area contributed by atoms with Gasteiger partial charge in [-0.1, -0.05) is 19.1 Å². The van der Waals surface area contributed by atoms with E-state index < -0.39 is 62.4 Å². The Labute approximate surface area is 182 Å². The van der Waals surface area contributed by atoms with E-state index >= 15 is 0 Å². The molecule has 2 aromatic rings. The molecule has 32 heavy (non-hydrogen) atoms. The zero-order valence-corrected chi connectivity index (χ0v) is 18.2. The Bertz CT molecular complexity index is 1130. The van der Waals surface area contributed by atoms with Crippen molar-refractivity contribution in [2.24, 2.45) is 5.92 Å². The minimum Gasteiger partial charge on any atom is -0.349 e. The molecule has 0 aromatic heterocycles. The van der Waals surface area contributed by atoms with E-state index in [9.17, 15) is 35.2 Å². The molecule has 0 heterocycles. The quantitative estimate of drug-likeness (QED) is 0.603. The predicted octanol–water partition coefficient (Wildman–Crippen LogP) is 4.51. The van der Waals surface area contributed by atoms with Gasteiger partial charge in [-0.25, -0.2) is 17.2 Å². The Hall–Kier alpha value is -2.69. The molecule has 0 spiro atoms. The lowest BCUT2D eigenvalue weighted by Crippen LogP contribution is -2.30. The fraction of sp³-hybridized carbons (Fsp3) is 0.381. The number of carbonyl (C=O) groups excluding carboxylic acids is 1. The molecular weight excluding hydrogens is 455 g/mol. The van der Waals surface area contributed by atoms with Gasteiger partial charge in [-0.05, 0) is 48.7 Å². The van der Waals surface area contributed by atoms with Crippen LogP contribution < -0.4 is 10.0 Å². The van der Waals surface area contributed by atoms with Crippen molar-refractivity contribution in [3.05, 3.63) is 64.7 Å². The summed E-state index contributed by atoms with van der Waals surface area (Å²) in [6, 6.07) is 5.67. The van der Waals surface area contributed by atoms with Crippen LogP contribution in [0, 0.1) is 17.6 Å². The number of benzene rings is 2. The molecule has 1 amide bonds. The van der Waals surface area contributed by atoms with E-state index in [4.69, 9.17) is 0 Å². The first kappa shape index (κ1) is 24.0. The summed E-state index contributed by atoms with van der Waals surface area (Å²) in [5.74, 6) is -3.18. The average molecular weight is 476 g/mol. The maximum atomic E-state index is 14.2. The Morgan fingerprint density at radius 2 is 1.66 bits per heavy atom. The van der Waals surface area contributed by atoms with Gasteiger partial charge >= 0.3 is 6.18 Å². The molecule has 1 saturated carbocycles. The zero-order valence-electron chi connectivity index (χ0n) is 17.3. The lowest BCUT2D eigenvalue weighted by molar-refractivity contribution is -0.137. The van der Waals surface area contributed by atoms with Crippen molar-refractivity contribution in [2.75, 3.05) is 11.0 Å². The summed E-state index contributed by atoms with van der Waals surface area (Å²) < 4.78 is 90.9. The summed E-state index contributed by atoms with van der Waals surface area (Å²) in [4.78, 5) is 12.7. The minimum atomic E-state index is -4.45. The van der Waals surface area contributed by atoms with Gasteiger partial charge < -0.3 is 5.32 Å². The van der Waals surface area contributed by atoms with E-state index in [-0.39, 0.29) is 5.56 Å². The topological polar surface area (TPSA) is 75.3 Å². The number of alkyl halides is 3. The van der Waals surface area contributed by atoms with Crippen LogP contribution in [0.4, 0.5) is 27.6 Å². The number of amides is 1. The van der Waals surface area contributed by atoms with Gasteiger partial charge in [0.2, 0.25) is 15.9 Å². The lowest BCUT2D eigenvalue weighted by Gasteiger charge is -2.18. The SMILES string of the molecule is C[C@@H](NC(=O)[C@@H]1C[C@@]1(C)c1ccc(C(F)(F)F)cc1)c1cc(F)c(NS(C)(=O)=O)c(F)c1. The highest BCUT2D eigenvalue weighted by Gasteiger charge is 2.55. The third kappa shape index (κ3) is 5.03. The number of rotatable bonds is 6. The number of halogens is 5. The summed E-state index contributed by atoms with van der Waals surface area (Å²) in [6.07, 6.45) is -3.28. The molecule has 2 aromatic carbocycles. The van der Waals surface area contributed by atoms with E-state index in [1.807, 2.05) is 0 Å². The van der Waals surface area contributed by atoms with E-state index in [0.29, 0.717) is 12.0 Å². The van der Waals surface area contributed by atoms with Crippen LogP contribution in [-0.2, 0) is 26.4 Å². The maximum absolute atomic E-state index is 14.2. The summed E-state index contributed by atoms with van der Waals surface area (Å²) in [7, 11) is -3.89. The van der Waals surface area contributed by atoms with E-state index in [1.165, 1.54) is 19.1 Å². The third-order valence-corrected chi connectivity index (χ3v) is 6.21. The number of sulfonamides is 1. The molecular formula is C21H21F5N2O3S. The molecule has 3 rings (SSSR count). The van der Waals surface area contributed by atoms with E-state index in [2.05, 4.69) is 5.32 Å². The average Bonchev–Trinajstić information content (AvgIpc) is 3.36. The van der Waals surface area contributed by atoms with Gasteiger partial charge in [0.15, 0.2) is 11.6 Å². The van der Waals surface area contributed by atoms with Gasteiger partial charge in [0.05, 0.1) is 17.9 Å². The molecule has 0 bridgehead atoms. The van der Waals surface area contributed by atoms with Gasteiger partial charge in [0.25, 0.3) is 0 Å². The number of hydrogen-bond acceptors (Lipinski definition) is 3. The molecule has 0 radical (unpaired) electrons. The second kappa shape index (κ2) is 8.02. The van der Waals surface area contributed by atoms with Crippen molar-refractivity contribution in [1.29, 1.82) is 0 Å². The van der Waals surface area contributed by atoms with Gasteiger partial charge in [-0.3, -0.25) is 9.52 Å². The highest BCUT2D eigenvalue weighted by Crippen LogP contribution is 2.54. The number of hydrogen-bond donors (Lipinski definition) is 2. The van der Waals surface area contributed by atoms with Crippen molar-refractivity contribution in [3.8, 4) is 0 Å². The maximum Gasteiger partial charge on any atom is 0.416 e. The van der Waals surface area contributed by atoms with Crippen molar-refractivity contribution in [1.82, 2.24) is 5.32 Å². The van der Waals surface area contributed by atoms with Crippen LogP contribution >= 0.6 is 0 Å². The van der Waals surface area contributed by atoms with Gasteiger partial charge in [0, 0.05) is 11.3 Å². The molecule has 0 unspecified atom stereocenters. The lowest BCUT2D eigenvalue weighted by atomic mass is 9.94. The van der Waals surface area contributed by atoms with Crippen molar-refractivity contribution in [3.63, 3.8) is 0 Å². The van der Waals surface area contributed by atoms with Crippen molar-refractivity contribution in [2.45, 2.75) is 37.9 Å². The van der Waals surface area contributed by atoms with Crippen molar-refractivity contribution < 1.29 is 35.2 Å². The molecule has 0 saturated heterocycles. The van der Waals surface area contributed by atoms with Crippen LogP contribution in [0.25, 0.3) is 0 Å². The summed E-state index contributed by atoms with van der Waals surface area (Å²) >= 11 is 0. The summed E-state index contributed by atoms with van der Waals surface area (Å²) in [6.45, 7) is 3.27. The van der Waals surface area contributed by atoms with Crippen LogP contribution in [0.1, 0.15) is 43.0 Å². The first-order chi connectivity index (χ1) is 14.6. The number of nitrogens with one attached hydrogen (secondary N) is 2. The monoisotopic (exact) mass is 476 g/mol. The molecule has 1 fully saturated rings. The highest BCUT2D eigenvalue weighted by molar-refractivity contribution is 7.92. The molecule has 2 N–H and O–H groups in total. The fourth-order valence-corrected chi connectivity index (χ4v) is 4.19. The standard InChI is InChI=1S/C21H21F5N2O3S/c1-11(12-8-16(22)18(17(23)9-12)28-32(3,30)31)27-19(29)15-10-20(15,2)13-4-6-14(7-5-13)21(24,25)26/h4-9,11,15,28H,10H2,1-3H3,(H,27,29)/t11-,15+,20+/m1/s1. The Balaban J connectivity index is 1.70. The molecule has 0 aliphatic heterocycles. The third-order valence-electron chi connectivity index (χ3n) is 5.64. The molecule has 1 aliphatic rings. The van der Waals surface area contributed by atoms with Crippen LogP contribution in [0.5, 0.6) is 0 Å². The number of carbonyl (C=O) groups is 1. The molecule has 11 heteroatoms. The van der Waals surface area contributed by atoms with Crippen LogP contribution in [0.2, 0.25) is 0 Å². The van der Waals surface area contributed by atoms with Crippen LogP contribution in [-0.4, -0.2) is 20.6 Å². The normalized spacial score (nSPS) is 21.7. The number of anilines is 1. The second-order valence-corrected chi connectivity index (χ2v) is 9.96. The van der Waals surface area contributed by atoms with Crippen molar-refractivity contribution >= 4 is 21.6 Å². The first-order valence-electron chi connectivity index (χ1n) is 9.56. The Morgan fingerprint density at radius 3 is 2.12 bits per heavy atom. The highest BCUT2D eigenvalue weighted by atomic mass is 32.2. The van der Waals surface area contributed by atoms with E-state index in [0.717, 1.165) is 30.5 Å². The molecule has 174 valence electrons. The fourth-order valence-electron chi connectivity index (χ4n) is 3.63. The zero-order chi connectivity index (χ0) is 24.1. The van der Waals surface area contributed by atoms with Gasteiger partial charge in [-0.2, -0.15) is 13.2 Å². The Morgan fingerprint density at radius 1 is 1.12 bits per heavy atom. The first-order valence-corrected chi connectivity index (χ1v) is 11.5. The largest absolute Gasteiger partial charge is 0.416 e. The summed E-state index contributed by atoms with van der Waals surface area (Å²) in [5.41, 5.74) is -1.56. The van der Waals surface area contributed by atoms with Crippen LogP contribution in [0.15, 0.2) is 36.4 Å². The smallest absolute Gasteiger partial charge is 0.349 e. The predicted molar refractivity (Wildman–Crippen MR) is 108 cm³/mol.